The highest BCUT2D eigenvalue weighted by atomic mass is 16.6. The number of furan rings is 1. The van der Waals surface area contributed by atoms with Crippen LogP contribution in [0.25, 0.3) is 11.1 Å². The molecule has 0 aliphatic heterocycles. The van der Waals surface area contributed by atoms with E-state index >= 15 is 0 Å². The average Bonchev–Trinajstić information content (AvgIpc) is 3.40. The van der Waals surface area contributed by atoms with Crippen LogP contribution < -0.4 is 16.6 Å². The van der Waals surface area contributed by atoms with Gasteiger partial charge in [0.15, 0.2) is 0 Å². The summed E-state index contributed by atoms with van der Waals surface area (Å²) in [6.45, 7) is -0.434. The summed E-state index contributed by atoms with van der Waals surface area (Å²) in [6.07, 6.45) is 0.429. The van der Waals surface area contributed by atoms with Crippen LogP contribution in [0.1, 0.15) is 42.4 Å². The van der Waals surface area contributed by atoms with E-state index in [1.165, 1.54) is 6.26 Å². The smallest absolute Gasteiger partial charge is 0.411 e. The molecule has 2 amide bonds. The Labute approximate surface area is 226 Å². The first-order valence-electron chi connectivity index (χ1n) is 11.5. The van der Waals surface area contributed by atoms with Crippen LogP contribution in [0.4, 0.5) is 10.5 Å². The molecule has 4 rings (SSSR count). The number of carbonyl (C=O) groups excluding carboxylic acids is 4. The van der Waals surface area contributed by atoms with E-state index in [1.54, 1.807) is 72.2 Å². The lowest BCUT2D eigenvalue weighted by atomic mass is 10.00. The van der Waals surface area contributed by atoms with Gasteiger partial charge in [-0.2, -0.15) is 5.26 Å². The topological polar surface area (TPSA) is 194 Å². The first kappa shape index (κ1) is 27.1. The molecular weight excluding hydrogens is 520 g/mol. The second-order valence-corrected chi connectivity index (χ2v) is 8.03. The zero-order valence-corrected chi connectivity index (χ0v) is 20.5. The molecule has 12 heteroatoms. The number of nitrogens with one attached hydrogen (secondary N) is 2. The molecule has 12 nitrogen and oxygen atoms in total. The molecule has 0 bridgehead atoms. The van der Waals surface area contributed by atoms with E-state index in [0.717, 1.165) is 12.1 Å². The third-order valence-corrected chi connectivity index (χ3v) is 5.59. The van der Waals surface area contributed by atoms with Crippen molar-refractivity contribution in [3.63, 3.8) is 0 Å². The summed E-state index contributed by atoms with van der Waals surface area (Å²) in [4.78, 5) is 50.6. The van der Waals surface area contributed by atoms with Crippen LogP contribution in [-0.2, 0) is 16.1 Å². The first-order chi connectivity index (χ1) is 19.3. The number of anilines is 1. The van der Waals surface area contributed by atoms with Crippen LogP contribution in [0.15, 0.2) is 83.5 Å². The van der Waals surface area contributed by atoms with E-state index in [-0.39, 0.29) is 5.56 Å². The number of ether oxygens (including phenoxy) is 2. The molecule has 0 spiro atoms. The van der Waals surface area contributed by atoms with E-state index in [9.17, 15) is 29.5 Å². The quantitative estimate of drug-likeness (QED) is 0.0878. The van der Waals surface area contributed by atoms with Crippen molar-refractivity contribution >= 4 is 29.6 Å². The molecule has 5 N–H and O–H groups in total. The Bertz CT molecular complexity index is 1630. The Kier molecular flexibility index (Phi) is 8.19. The fourth-order valence-electron chi connectivity index (χ4n) is 3.74. The Morgan fingerprint density at radius 3 is 2.27 bits per heavy atom. The molecule has 0 atom stereocenters. The predicted molar refractivity (Wildman–Crippen MR) is 139 cm³/mol. The standard InChI is InChI=1S/C28H20N4O8/c29-13-19-22(33)12-11-18(23(19)25(34)32-30)26(35)40-27(36)24-21(20(14-38-24)16-7-3-1-4-8-16)15-39-28(37)31-17-9-5-2-6-10-17/h1-12,14,33H,15,30H2,(H,31,37)(H,32,34). The number of phenols is 1. The summed E-state index contributed by atoms with van der Waals surface area (Å²) in [7, 11) is 0. The molecular formula is C28H20N4O8. The molecule has 200 valence electrons. The molecule has 0 saturated heterocycles. The summed E-state index contributed by atoms with van der Waals surface area (Å²) in [5.74, 6) is 0.458. The highest BCUT2D eigenvalue weighted by molar-refractivity contribution is 6.10. The largest absolute Gasteiger partial charge is 0.507 e. The van der Waals surface area contributed by atoms with Gasteiger partial charge in [-0.1, -0.05) is 48.5 Å². The molecule has 1 aromatic heterocycles. The van der Waals surface area contributed by atoms with Crippen molar-refractivity contribution in [2.75, 3.05) is 5.32 Å². The number of hydrogen-bond acceptors (Lipinski definition) is 10. The third-order valence-electron chi connectivity index (χ3n) is 5.59. The van der Waals surface area contributed by atoms with Gasteiger partial charge in [0, 0.05) is 11.3 Å². The Morgan fingerprint density at radius 1 is 0.950 bits per heavy atom. The average molecular weight is 540 g/mol. The number of aromatic hydroxyl groups is 1. The number of esters is 2. The number of nitrogens with zero attached hydrogens (tertiary/aromatic N) is 1. The second kappa shape index (κ2) is 12.1. The van der Waals surface area contributed by atoms with Crippen LogP contribution in [0.3, 0.4) is 0 Å². The molecule has 4 aromatic rings. The number of hydrogen-bond donors (Lipinski definition) is 4. The van der Waals surface area contributed by atoms with Crippen LogP contribution in [0.2, 0.25) is 0 Å². The van der Waals surface area contributed by atoms with Gasteiger partial charge in [-0.05, 0) is 29.8 Å². The number of hydrazine groups is 1. The van der Waals surface area contributed by atoms with Gasteiger partial charge in [-0.25, -0.2) is 20.2 Å². The summed E-state index contributed by atoms with van der Waals surface area (Å²) >= 11 is 0. The van der Waals surface area contributed by atoms with E-state index in [2.05, 4.69) is 5.32 Å². The second-order valence-electron chi connectivity index (χ2n) is 8.03. The van der Waals surface area contributed by atoms with Crippen molar-refractivity contribution < 1.29 is 38.2 Å². The number of amides is 2. The number of nitriles is 1. The fraction of sp³-hybridized carbons (Fsp3) is 0.0357. The van der Waals surface area contributed by atoms with E-state index in [0.29, 0.717) is 16.8 Å². The number of carbonyl (C=O) groups is 4. The minimum Gasteiger partial charge on any atom is -0.507 e. The molecule has 0 aliphatic carbocycles. The number of benzene rings is 3. The number of para-hydroxylation sites is 1. The monoisotopic (exact) mass is 540 g/mol. The maximum absolute atomic E-state index is 13.1. The highest BCUT2D eigenvalue weighted by Crippen LogP contribution is 2.30. The maximum atomic E-state index is 13.1. The van der Waals surface area contributed by atoms with Crippen LogP contribution >= 0.6 is 0 Å². The molecule has 0 saturated carbocycles. The molecule has 0 aliphatic rings. The minimum atomic E-state index is -1.33. The number of rotatable bonds is 7. The fourth-order valence-corrected chi connectivity index (χ4v) is 3.74. The van der Waals surface area contributed by atoms with Crippen molar-refractivity contribution in [1.29, 1.82) is 5.26 Å². The molecule has 0 unspecified atom stereocenters. The molecule has 1 heterocycles. The summed E-state index contributed by atoms with van der Waals surface area (Å²) < 4.78 is 15.7. The van der Waals surface area contributed by atoms with Gasteiger partial charge in [0.25, 0.3) is 5.91 Å². The molecule has 0 fully saturated rings. The van der Waals surface area contributed by atoms with E-state index in [4.69, 9.17) is 19.7 Å². The predicted octanol–water partition coefficient (Wildman–Crippen LogP) is 3.87. The molecule has 3 aromatic carbocycles. The van der Waals surface area contributed by atoms with Crippen molar-refractivity contribution in [3.05, 3.63) is 107 Å². The van der Waals surface area contributed by atoms with Crippen molar-refractivity contribution in [2.45, 2.75) is 6.61 Å². The summed E-state index contributed by atoms with van der Waals surface area (Å²) in [6, 6.07) is 20.9. The number of nitrogens with two attached hydrogens (primary N) is 1. The molecule has 40 heavy (non-hydrogen) atoms. The van der Waals surface area contributed by atoms with Crippen LogP contribution in [0.5, 0.6) is 5.75 Å². The highest BCUT2D eigenvalue weighted by Gasteiger charge is 2.29. The van der Waals surface area contributed by atoms with Gasteiger partial charge >= 0.3 is 18.0 Å². The van der Waals surface area contributed by atoms with Gasteiger partial charge in [0.2, 0.25) is 5.76 Å². The van der Waals surface area contributed by atoms with Crippen molar-refractivity contribution in [1.82, 2.24) is 5.43 Å². The number of nitrogen functional groups attached to an aromatic ring is 1. The summed E-state index contributed by atoms with van der Waals surface area (Å²) in [5.41, 5.74) is 1.73. The van der Waals surface area contributed by atoms with Crippen LogP contribution in [0, 0.1) is 11.3 Å². The lowest BCUT2D eigenvalue weighted by Crippen LogP contribution is -2.32. The van der Waals surface area contributed by atoms with E-state index in [1.807, 2.05) is 0 Å². The maximum Gasteiger partial charge on any atom is 0.411 e. The lowest BCUT2D eigenvalue weighted by molar-refractivity contribution is 0.0369. The van der Waals surface area contributed by atoms with Gasteiger partial charge in [-0.15, -0.1) is 0 Å². The van der Waals surface area contributed by atoms with E-state index < -0.39 is 58.7 Å². The minimum absolute atomic E-state index is 0.107. The van der Waals surface area contributed by atoms with Gasteiger partial charge in [0.1, 0.15) is 24.0 Å². The van der Waals surface area contributed by atoms with Crippen molar-refractivity contribution in [3.8, 4) is 22.9 Å². The Morgan fingerprint density at radius 2 is 1.62 bits per heavy atom. The Balaban J connectivity index is 1.62. The zero-order valence-electron chi connectivity index (χ0n) is 20.5. The van der Waals surface area contributed by atoms with Crippen LogP contribution in [-0.4, -0.2) is 29.0 Å². The zero-order chi connectivity index (χ0) is 28.6. The van der Waals surface area contributed by atoms with Gasteiger partial charge < -0.3 is 19.0 Å². The Hall–Kier alpha value is -5.93. The summed E-state index contributed by atoms with van der Waals surface area (Å²) in [5, 5.41) is 21.8. The molecule has 0 radical (unpaired) electrons. The van der Waals surface area contributed by atoms with Crippen molar-refractivity contribution in [2.24, 2.45) is 5.84 Å². The van der Waals surface area contributed by atoms with Gasteiger partial charge in [0.05, 0.1) is 23.0 Å². The van der Waals surface area contributed by atoms with Gasteiger partial charge in [-0.3, -0.25) is 15.5 Å². The first-order valence-corrected chi connectivity index (χ1v) is 11.5. The number of phenolic OH excluding ortho intramolecular Hbond substituents is 1. The third kappa shape index (κ3) is 5.80. The SMILES string of the molecule is N#Cc1c(O)ccc(C(=O)OC(=O)c2occ(-c3ccccc3)c2COC(=O)Nc2ccccc2)c1C(=O)NN. The normalized spacial score (nSPS) is 10.2. The lowest BCUT2D eigenvalue weighted by Gasteiger charge is -2.11.